The lowest BCUT2D eigenvalue weighted by molar-refractivity contribution is -0.121. The molecule has 1 aliphatic heterocycles. The van der Waals surface area contributed by atoms with E-state index in [0.29, 0.717) is 16.4 Å². The molecule has 0 aromatic heterocycles. The zero-order valence-corrected chi connectivity index (χ0v) is 17.7. The molecule has 1 atom stereocenters. The van der Waals surface area contributed by atoms with Gasteiger partial charge >= 0.3 is 0 Å². The quantitative estimate of drug-likeness (QED) is 0.706. The number of hydrogen-bond donors (Lipinski definition) is 2. The summed E-state index contributed by atoms with van der Waals surface area (Å²) in [6.45, 7) is 2.03. The van der Waals surface area contributed by atoms with Crippen molar-refractivity contribution < 1.29 is 14.3 Å². The summed E-state index contributed by atoms with van der Waals surface area (Å²) < 4.78 is 5.18. The van der Waals surface area contributed by atoms with Crippen LogP contribution in [0.5, 0.6) is 5.75 Å². The molecule has 0 fully saturated rings. The van der Waals surface area contributed by atoms with Crippen LogP contribution in [0, 0.1) is 11.3 Å². The molecule has 154 valence electrons. The molecule has 30 heavy (non-hydrogen) atoms. The average Bonchev–Trinajstić information content (AvgIpc) is 2.77. The van der Waals surface area contributed by atoms with E-state index in [4.69, 9.17) is 4.74 Å². The third-order valence-corrected chi connectivity index (χ3v) is 5.91. The molecule has 2 N–H and O–H groups in total. The van der Waals surface area contributed by atoms with Crippen molar-refractivity contribution in [3.63, 3.8) is 0 Å². The summed E-state index contributed by atoms with van der Waals surface area (Å²) in [5.74, 6) is 0.0930. The van der Waals surface area contributed by atoms with Crippen LogP contribution in [0.1, 0.15) is 30.4 Å². The summed E-state index contributed by atoms with van der Waals surface area (Å²) in [7, 11) is 1.59. The fourth-order valence-corrected chi connectivity index (χ4v) is 4.21. The van der Waals surface area contributed by atoms with Crippen LogP contribution < -0.4 is 15.4 Å². The molecule has 2 aromatic rings. The molecule has 7 heteroatoms. The first kappa shape index (κ1) is 21.5. The molecule has 2 aromatic carbocycles. The molecule has 0 saturated carbocycles. The van der Waals surface area contributed by atoms with Crippen molar-refractivity contribution in [1.29, 1.82) is 5.26 Å². The number of rotatable bonds is 7. The van der Waals surface area contributed by atoms with Crippen LogP contribution in [0.4, 0.5) is 5.69 Å². The molecule has 0 radical (unpaired) electrons. The lowest BCUT2D eigenvalue weighted by atomic mass is 9.87. The standard InChI is InChI=1S/C23H23N3O3S/c1-3-15-6-4-5-7-20(15)25-22(28)14-30-23-19(13-24)18(12-21(27)26-23)16-8-10-17(29-2)11-9-16/h4-11,18H,3,12,14H2,1-2H3,(H,25,28)(H,26,27)/t18-/m1/s1. The van der Waals surface area contributed by atoms with E-state index in [-0.39, 0.29) is 29.9 Å². The van der Waals surface area contributed by atoms with Crippen molar-refractivity contribution in [2.45, 2.75) is 25.7 Å². The second-order valence-corrected chi connectivity index (χ2v) is 7.77. The van der Waals surface area contributed by atoms with Crippen molar-refractivity contribution >= 4 is 29.3 Å². The predicted molar refractivity (Wildman–Crippen MR) is 118 cm³/mol. The molecule has 2 amide bonds. The topological polar surface area (TPSA) is 91.2 Å². The highest BCUT2D eigenvalue weighted by atomic mass is 32.2. The van der Waals surface area contributed by atoms with Gasteiger partial charge in [-0.3, -0.25) is 9.59 Å². The van der Waals surface area contributed by atoms with Gasteiger partial charge in [-0.25, -0.2) is 0 Å². The first-order valence-corrected chi connectivity index (χ1v) is 10.6. The van der Waals surface area contributed by atoms with Crippen molar-refractivity contribution in [2.24, 2.45) is 0 Å². The van der Waals surface area contributed by atoms with Gasteiger partial charge < -0.3 is 15.4 Å². The Morgan fingerprint density at radius 2 is 2.00 bits per heavy atom. The fourth-order valence-electron chi connectivity index (χ4n) is 3.33. The molecule has 1 aliphatic rings. The highest BCUT2D eigenvalue weighted by Gasteiger charge is 2.29. The Hall–Kier alpha value is -3.24. The van der Waals surface area contributed by atoms with Crippen molar-refractivity contribution in [2.75, 3.05) is 18.2 Å². The molecule has 0 aliphatic carbocycles. The summed E-state index contributed by atoms with van der Waals surface area (Å²) in [5.41, 5.74) is 3.16. The van der Waals surface area contributed by atoms with Crippen LogP contribution in [0.15, 0.2) is 59.1 Å². The van der Waals surface area contributed by atoms with Gasteiger partial charge in [0, 0.05) is 18.0 Å². The van der Waals surface area contributed by atoms with Crippen LogP contribution >= 0.6 is 11.8 Å². The second-order valence-electron chi connectivity index (χ2n) is 6.78. The van der Waals surface area contributed by atoms with Crippen LogP contribution in [0.3, 0.4) is 0 Å². The molecular weight excluding hydrogens is 398 g/mol. The SMILES string of the molecule is CCc1ccccc1NC(=O)CSC1=C(C#N)[C@@H](c2ccc(OC)cc2)CC(=O)N1. The monoisotopic (exact) mass is 421 g/mol. The fraction of sp³-hybridized carbons (Fsp3) is 0.261. The number of allylic oxidation sites excluding steroid dienone is 1. The molecule has 0 spiro atoms. The van der Waals surface area contributed by atoms with E-state index in [1.165, 1.54) is 11.8 Å². The molecule has 6 nitrogen and oxygen atoms in total. The average molecular weight is 422 g/mol. The molecule has 1 heterocycles. The van der Waals surface area contributed by atoms with Crippen LogP contribution in [0.2, 0.25) is 0 Å². The molecule has 0 saturated heterocycles. The van der Waals surface area contributed by atoms with Crippen LogP contribution in [0.25, 0.3) is 0 Å². The van der Waals surface area contributed by atoms with E-state index < -0.39 is 0 Å². The number of nitrogens with one attached hydrogen (secondary N) is 2. The zero-order chi connectivity index (χ0) is 21.5. The second kappa shape index (κ2) is 9.99. The van der Waals surface area contributed by atoms with Gasteiger partial charge in [0.05, 0.1) is 29.5 Å². The highest BCUT2D eigenvalue weighted by Crippen LogP contribution is 2.36. The molecule has 0 unspecified atom stereocenters. The number of benzene rings is 2. The largest absolute Gasteiger partial charge is 0.497 e. The number of anilines is 1. The summed E-state index contributed by atoms with van der Waals surface area (Å²) in [6, 6.07) is 17.2. The van der Waals surface area contributed by atoms with E-state index in [1.807, 2.05) is 55.5 Å². The number of nitriles is 1. The first-order valence-electron chi connectivity index (χ1n) is 9.64. The molecule has 3 rings (SSSR count). The third-order valence-electron chi connectivity index (χ3n) is 4.89. The van der Waals surface area contributed by atoms with Crippen molar-refractivity contribution in [3.8, 4) is 11.8 Å². The number of para-hydroxylation sites is 1. The molecule has 0 bridgehead atoms. The number of methoxy groups -OCH3 is 1. The summed E-state index contributed by atoms with van der Waals surface area (Å²) >= 11 is 1.17. The summed E-state index contributed by atoms with van der Waals surface area (Å²) in [6.07, 6.45) is 1.00. The lowest BCUT2D eigenvalue weighted by Gasteiger charge is -2.25. The van der Waals surface area contributed by atoms with Gasteiger partial charge in [0.2, 0.25) is 11.8 Å². The Balaban J connectivity index is 1.75. The van der Waals surface area contributed by atoms with Gasteiger partial charge in [-0.1, -0.05) is 49.0 Å². The first-order chi connectivity index (χ1) is 14.5. The predicted octanol–water partition coefficient (Wildman–Crippen LogP) is 3.97. The minimum absolute atomic E-state index is 0.0914. The number of nitrogens with zero attached hydrogens (tertiary/aromatic N) is 1. The number of carbonyl (C=O) groups is 2. The maximum atomic E-state index is 12.5. The smallest absolute Gasteiger partial charge is 0.234 e. The zero-order valence-electron chi connectivity index (χ0n) is 16.9. The van der Waals surface area contributed by atoms with Gasteiger partial charge in [-0.15, -0.1) is 0 Å². The minimum atomic E-state index is -0.346. The number of ether oxygens (including phenoxy) is 1. The Bertz CT molecular complexity index is 1010. The van der Waals surface area contributed by atoms with E-state index in [1.54, 1.807) is 7.11 Å². The number of hydrogen-bond acceptors (Lipinski definition) is 5. The van der Waals surface area contributed by atoms with Crippen molar-refractivity contribution in [1.82, 2.24) is 5.32 Å². The van der Waals surface area contributed by atoms with Gasteiger partial charge in [-0.05, 0) is 35.7 Å². The third kappa shape index (κ3) is 5.02. The van der Waals surface area contributed by atoms with E-state index >= 15 is 0 Å². The Morgan fingerprint density at radius 3 is 2.67 bits per heavy atom. The Labute approximate surface area is 180 Å². The maximum absolute atomic E-state index is 12.5. The highest BCUT2D eigenvalue weighted by molar-refractivity contribution is 8.03. The number of amides is 2. The lowest BCUT2D eigenvalue weighted by Crippen LogP contribution is -2.31. The van der Waals surface area contributed by atoms with Crippen LogP contribution in [-0.4, -0.2) is 24.7 Å². The van der Waals surface area contributed by atoms with Crippen molar-refractivity contribution in [3.05, 3.63) is 70.3 Å². The maximum Gasteiger partial charge on any atom is 0.234 e. The number of thioether (sulfide) groups is 1. The normalized spacial score (nSPS) is 15.9. The summed E-state index contributed by atoms with van der Waals surface area (Å²) in [4.78, 5) is 24.7. The van der Waals surface area contributed by atoms with Gasteiger partial charge in [0.15, 0.2) is 0 Å². The Kier molecular flexibility index (Phi) is 7.15. The summed E-state index contributed by atoms with van der Waals surface area (Å²) in [5, 5.41) is 15.9. The van der Waals surface area contributed by atoms with Gasteiger partial charge in [0.1, 0.15) is 5.75 Å². The van der Waals surface area contributed by atoms with E-state index in [9.17, 15) is 14.9 Å². The minimum Gasteiger partial charge on any atom is -0.497 e. The number of carbonyl (C=O) groups excluding carboxylic acids is 2. The van der Waals surface area contributed by atoms with Crippen LogP contribution in [-0.2, 0) is 16.0 Å². The van der Waals surface area contributed by atoms with Gasteiger partial charge in [0.25, 0.3) is 0 Å². The Morgan fingerprint density at radius 1 is 1.27 bits per heavy atom. The number of aryl methyl sites for hydroxylation is 1. The van der Waals surface area contributed by atoms with Gasteiger partial charge in [-0.2, -0.15) is 5.26 Å². The molecular formula is C23H23N3O3S. The van der Waals surface area contributed by atoms with E-state index in [2.05, 4.69) is 16.7 Å². The van der Waals surface area contributed by atoms with E-state index in [0.717, 1.165) is 23.2 Å².